The zero-order chi connectivity index (χ0) is 18.8. The van der Waals surface area contributed by atoms with Crippen LogP contribution in [-0.2, 0) is 0 Å². The highest BCUT2D eigenvalue weighted by Crippen LogP contribution is 2.31. The number of para-hydroxylation sites is 1. The Hall–Kier alpha value is -1.76. The molecule has 0 aromatic heterocycles. The number of rotatable bonds is 11. The molecule has 0 atom stereocenters. The number of benzene rings is 2. The van der Waals surface area contributed by atoms with E-state index < -0.39 is 0 Å². The van der Waals surface area contributed by atoms with Gasteiger partial charge in [0.2, 0.25) is 0 Å². The first-order valence-electron chi connectivity index (χ1n) is 10.5. The van der Waals surface area contributed by atoms with Crippen LogP contribution >= 0.6 is 0 Å². The molecule has 1 heteroatoms. The third kappa shape index (κ3) is 5.90. The minimum Gasteiger partial charge on any atom is -0.341 e. The molecule has 26 heavy (non-hydrogen) atoms. The zero-order valence-corrected chi connectivity index (χ0v) is 17.4. The second-order valence-electron chi connectivity index (χ2n) is 7.61. The van der Waals surface area contributed by atoms with Crippen molar-refractivity contribution in [3.05, 3.63) is 59.2 Å². The van der Waals surface area contributed by atoms with Crippen molar-refractivity contribution < 1.29 is 0 Å². The normalized spacial score (nSPS) is 10.9. The van der Waals surface area contributed by atoms with Gasteiger partial charge in [0.1, 0.15) is 0 Å². The summed E-state index contributed by atoms with van der Waals surface area (Å²) < 4.78 is 0. The second kappa shape index (κ2) is 11.1. The first-order chi connectivity index (χ1) is 12.6. The van der Waals surface area contributed by atoms with Crippen LogP contribution in [0, 0.1) is 20.8 Å². The van der Waals surface area contributed by atoms with Gasteiger partial charge in [-0.3, -0.25) is 0 Å². The molecule has 0 radical (unpaired) electrons. The molecular weight excluding hydrogens is 314 g/mol. The van der Waals surface area contributed by atoms with Gasteiger partial charge in [0.15, 0.2) is 0 Å². The third-order valence-electron chi connectivity index (χ3n) is 5.62. The Morgan fingerprint density at radius 1 is 0.654 bits per heavy atom. The lowest BCUT2D eigenvalue weighted by Crippen LogP contribution is -2.20. The molecule has 0 saturated carbocycles. The molecule has 0 aliphatic carbocycles. The SMILES string of the molecule is CCCCCCCCCCN(c1ccccc1)c1ccc(C)c(C)c1C. The highest BCUT2D eigenvalue weighted by atomic mass is 15.1. The molecule has 0 aliphatic rings. The standard InChI is InChI=1S/C25H37N/c1-5-6-7-8-9-10-11-15-20-26(24-16-13-12-14-17-24)25-19-18-21(2)22(3)23(25)4/h12-14,16-19H,5-11,15,20H2,1-4H3. The van der Waals surface area contributed by atoms with Crippen LogP contribution in [0.15, 0.2) is 42.5 Å². The van der Waals surface area contributed by atoms with E-state index in [0.29, 0.717) is 0 Å². The van der Waals surface area contributed by atoms with Crippen LogP contribution in [0.25, 0.3) is 0 Å². The first kappa shape index (κ1) is 20.6. The fourth-order valence-electron chi connectivity index (χ4n) is 3.63. The van der Waals surface area contributed by atoms with Crippen molar-refractivity contribution in [1.82, 2.24) is 0 Å². The molecule has 0 saturated heterocycles. The summed E-state index contributed by atoms with van der Waals surface area (Å²) in [5.41, 5.74) is 6.88. The van der Waals surface area contributed by atoms with Crippen molar-refractivity contribution in [2.45, 2.75) is 79.1 Å². The molecule has 0 heterocycles. The van der Waals surface area contributed by atoms with Crippen molar-refractivity contribution in [2.24, 2.45) is 0 Å². The molecule has 0 fully saturated rings. The number of hydrogen-bond donors (Lipinski definition) is 0. The molecule has 0 amide bonds. The molecule has 2 aromatic rings. The Bertz CT molecular complexity index is 645. The van der Waals surface area contributed by atoms with Gasteiger partial charge in [-0.05, 0) is 62.1 Å². The van der Waals surface area contributed by atoms with Gasteiger partial charge in [0.05, 0.1) is 0 Å². The lowest BCUT2D eigenvalue weighted by atomic mass is 10.0. The minimum absolute atomic E-state index is 1.10. The van der Waals surface area contributed by atoms with E-state index in [9.17, 15) is 0 Å². The fourth-order valence-corrected chi connectivity index (χ4v) is 3.63. The Kier molecular flexibility index (Phi) is 8.74. The third-order valence-corrected chi connectivity index (χ3v) is 5.62. The average molecular weight is 352 g/mol. The van der Waals surface area contributed by atoms with E-state index in [1.54, 1.807) is 0 Å². The summed E-state index contributed by atoms with van der Waals surface area (Å²) >= 11 is 0. The van der Waals surface area contributed by atoms with E-state index in [2.05, 4.69) is 75.1 Å². The van der Waals surface area contributed by atoms with Crippen molar-refractivity contribution in [1.29, 1.82) is 0 Å². The van der Waals surface area contributed by atoms with Crippen molar-refractivity contribution >= 4 is 11.4 Å². The minimum atomic E-state index is 1.10. The molecular formula is C25H37N. The van der Waals surface area contributed by atoms with Crippen molar-refractivity contribution in [2.75, 3.05) is 11.4 Å². The maximum absolute atomic E-state index is 2.51. The van der Waals surface area contributed by atoms with E-state index in [0.717, 1.165) is 6.54 Å². The highest BCUT2D eigenvalue weighted by molar-refractivity contribution is 5.68. The van der Waals surface area contributed by atoms with Crippen molar-refractivity contribution in [3.8, 4) is 0 Å². The summed E-state index contributed by atoms with van der Waals surface area (Å²) in [5, 5.41) is 0. The van der Waals surface area contributed by atoms with Gasteiger partial charge in [-0.15, -0.1) is 0 Å². The van der Waals surface area contributed by atoms with Crippen molar-refractivity contribution in [3.63, 3.8) is 0 Å². The van der Waals surface area contributed by atoms with Gasteiger partial charge in [-0.2, -0.15) is 0 Å². The summed E-state index contributed by atoms with van der Waals surface area (Å²) in [7, 11) is 0. The summed E-state index contributed by atoms with van der Waals surface area (Å²) in [4.78, 5) is 2.51. The monoisotopic (exact) mass is 351 g/mol. The van der Waals surface area contributed by atoms with Gasteiger partial charge in [-0.25, -0.2) is 0 Å². The predicted molar refractivity (Wildman–Crippen MR) is 117 cm³/mol. The lowest BCUT2D eigenvalue weighted by Gasteiger charge is -2.28. The molecule has 2 rings (SSSR count). The van der Waals surface area contributed by atoms with E-state index in [4.69, 9.17) is 0 Å². The number of nitrogens with zero attached hydrogens (tertiary/aromatic N) is 1. The van der Waals surface area contributed by atoms with Gasteiger partial charge < -0.3 is 4.90 Å². The smallest absolute Gasteiger partial charge is 0.0443 e. The average Bonchev–Trinajstić information content (AvgIpc) is 2.67. The highest BCUT2D eigenvalue weighted by Gasteiger charge is 2.13. The van der Waals surface area contributed by atoms with E-state index >= 15 is 0 Å². The zero-order valence-electron chi connectivity index (χ0n) is 17.4. The summed E-state index contributed by atoms with van der Waals surface area (Å²) in [5.74, 6) is 0. The molecule has 0 unspecified atom stereocenters. The summed E-state index contributed by atoms with van der Waals surface area (Å²) in [6, 6.07) is 15.4. The molecule has 142 valence electrons. The Balaban J connectivity index is 1.99. The van der Waals surface area contributed by atoms with Gasteiger partial charge in [-0.1, -0.05) is 76.1 Å². The Morgan fingerprint density at radius 3 is 1.92 bits per heavy atom. The molecule has 1 nitrogen and oxygen atoms in total. The van der Waals surface area contributed by atoms with Crippen LogP contribution in [0.2, 0.25) is 0 Å². The summed E-state index contributed by atoms with van der Waals surface area (Å²) in [6.07, 6.45) is 10.9. The van der Waals surface area contributed by atoms with Crippen LogP contribution in [0.5, 0.6) is 0 Å². The fraction of sp³-hybridized carbons (Fsp3) is 0.520. The quantitative estimate of drug-likeness (QED) is 0.372. The van der Waals surface area contributed by atoms with Gasteiger partial charge in [0.25, 0.3) is 0 Å². The molecule has 0 aliphatic heterocycles. The molecule has 2 aromatic carbocycles. The molecule has 0 N–H and O–H groups in total. The Morgan fingerprint density at radius 2 is 1.27 bits per heavy atom. The topological polar surface area (TPSA) is 3.24 Å². The van der Waals surface area contributed by atoms with Crippen LogP contribution in [-0.4, -0.2) is 6.54 Å². The molecule has 0 spiro atoms. The number of aryl methyl sites for hydroxylation is 1. The maximum Gasteiger partial charge on any atom is 0.0443 e. The number of hydrogen-bond acceptors (Lipinski definition) is 1. The van der Waals surface area contributed by atoms with E-state index in [-0.39, 0.29) is 0 Å². The van der Waals surface area contributed by atoms with E-state index in [1.807, 2.05) is 0 Å². The molecule has 0 bridgehead atoms. The van der Waals surface area contributed by atoms with E-state index in [1.165, 1.54) is 79.4 Å². The lowest BCUT2D eigenvalue weighted by molar-refractivity contribution is 0.577. The van der Waals surface area contributed by atoms with Crippen LogP contribution in [0.4, 0.5) is 11.4 Å². The number of unbranched alkanes of at least 4 members (excludes halogenated alkanes) is 7. The largest absolute Gasteiger partial charge is 0.341 e. The second-order valence-corrected chi connectivity index (χ2v) is 7.61. The number of anilines is 2. The van der Waals surface area contributed by atoms with Gasteiger partial charge >= 0.3 is 0 Å². The van der Waals surface area contributed by atoms with Crippen LogP contribution < -0.4 is 4.90 Å². The summed E-state index contributed by atoms with van der Waals surface area (Å²) in [6.45, 7) is 10.1. The maximum atomic E-state index is 2.51. The van der Waals surface area contributed by atoms with Crippen LogP contribution in [0.3, 0.4) is 0 Å². The predicted octanol–water partition coefficient (Wildman–Crippen LogP) is 7.89. The Labute approximate surface area is 161 Å². The van der Waals surface area contributed by atoms with Gasteiger partial charge in [0, 0.05) is 17.9 Å². The van der Waals surface area contributed by atoms with Crippen LogP contribution in [0.1, 0.15) is 75.0 Å². The first-order valence-corrected chi connectivity index (χ1v) is 10.5.